The van der Waals surface area contributed by atoms with E-state index in [-0.39, 0.29) is 38.6 Å². The number of allylic oxidation sites excluding steroid dienone is 2. The molecule has 0 aliphatic carbocycles. The summed E-state index contributed by atoms with van der Waals surface area (Å²) in [5.74, 6) is -0.827. The molecular weight excluding hydrogens is 689 g/mol. The number of unbranched alkanes of at least 4 members (excludes halogenated alkanes) is 27. The van der Waals surface area contributed by atoms with Crippen molar-refractivity contribution in [3.8, 4) is 0 Å². The third-order valence-electron chi connectivity index (χ3n) is 9.65. The maximum atomic E-state index is 12.6. The number of rotatable bonds is 42. The average molecular weight is 774 g/mol. The van der Waals surface area contributed by atoms with Gasteiger partial charge in [-0.3, -0.25) is 18.6 Å². The van der Waals surface area contributed by atoms with Crippen LogP contribution in [0.4, 0.5) is 0 Å². The second-order valence-electron chi connectivity index (χ2n) is 14.9. The Morgan fingerprint density at radius 2 is 0.925 bits per heavy atom. The van der Waals surface area contributed by atoms with E-state index in [9.17, 15) is 19.0 Å². The SMILES string of the molecule is CCCCCCCCC/C=C\CCCCCCCC(=O)OC(COC(=O)CCCCCCCCCCCCCCCCCC)COP(=O)(O)OCCN. The molecule has 0 radical (unpaired) electrons. The van der Waals surface area contributed by atoms with Crippen molar-refractivity contribution >= 4 is 19.8 Å². The van der Waals surface area contributed by atoms with Crippen molar-refractivity contribution in [1.29, 1.82) is 0 Å². The molecule has 2 unspecified atom stereocenters. The second kappa shape index (κ2) is 40.4. The molecule has 9 nitrogen and oxygen atoms in total. The van der Waals surface area contributed by atoms with Gasteiger partial charge in [0.05, 0.1) is 13.2 Å². The standard InChI is InChI=1S/C43H84NO8P/c1-3-5-7-9-11-13-15-17-19-21-23-25-27-29-31-33-35-42(45)49-39-41(40-51-53(47,48)50-38-37-44)52-43(46)36-34-32-30-28-26-24-22-20-18-16-14-12-10-8-6-4-2/h20,22,41H,3-19,21,23-40,44H2,1-2H3,(H,47,48)/b22-20-. The predicted octanol–water partition coefficient (Wildman–Crippen LogP) is 12.6. The Hall–Kier alpha value is -1.25. The summed E-state index contributed by atoms with van der Waals surface area (Å²) in [6.45, 7) is 3.75. The molecule has 0 amide bonds. The fourth-order valence-corrected chi connectivity index (χ4v) is 7.10. The molecule has 0 saturated heterocycles. The lowest BCUT2D eigenvalue weighted by Crippen LogP contribution is -2.29. The van der Waals surface area contributed by atoms with Gasteiger partial charge >= 0.3 is 19.8 Å². The third-order valence-corrected chi connectivity index (χ3v) is 10.6. The van der Waals surface area contributed by atoms with E-state index in [4.69, 9.17) is 24.3 Å². The van der Waals surface area contributed by atoms with Crippen molar-refractivity contribution < 1.29 is 37.6 Å². The highest BCUT2D eigenvalue weighted by Gasteiger charge is 2.26. The Kier molecular flexibility index (Phi) is 39.5. The van der Waals surface area contributed by atoms with Crippen molar-refractivity contribution in [1.82, 2.24) is 0 Å². The number of nitrogens with two attached hydrogens (primary N) is 1. The van der Waals surface area contributed by atoms with Crippen LogP contribution in [0.5, 0.6) is 0 Å². The highest BCUT2D eigenvalue weighted by Crippen LogP contribution is 2.43. The molecule has 3 N–H and O–H groups in total. The van der Waals surface area contributed by atoms with Gasteiger partial charge in [-0.2, -0.15) is 0 Å². The summed E-state index contributed by atoms with van der Waals surface area (Å²) < 4.78 is 32.8. The zero-order chi connectivity index (χ0) is 38.9. The van der Waals surface area contributed by atoms with Gasteiger partial charge in [-0.1, -0.05) is 180 Å². The smallest absolute Gasteiger partial charge is 0.462 e. The van der Waals surface area contributed by atoms with Crippen LogP contribution in [0.2, 0.25) is 0 Å². The second-order valence-corrected chi connectivity index (χ2v) is 16.4. The van der Waals surface area contributed by atoms with Gasteiger partial charge in [0, 0.05) is 19.4 Å². The summed E-state index contributed by atoms with van der Waals surface area (Å²) in [6.07, 6.45) is 40.9. The van der Waals surface area contributed by atoms with Gasteiger partial charge in [0.1, 0.15) is 6.61 Å². The van der Waals surface area contributed by atoms with Gasteiger partial charge in [-0.15, -0.1) is 0 Å². The largest absolute Gasteiger partial charge is 0.472 e. The molecule has 0 aromatic rings. The fourth-order valence-electron chi connectivity index (χ4n) is 6.34. The molecule has 0 heterocycles. The van der Waals surface area contributed by atoms with Crippen LogP contribution in [0.1, 0.15) is 219 Å². The number of carbonyl (C=O) groups excluding carboxylic acids is 2. The van der Waals surface area contributed by atoms with Gasteiger partial charge in [0.25, 0.3) is 0 Å². The molecule has 0 saturated carbocycles. The van der Waals surface area contributed by atoms with Crippen molar-refractivity contribution in [2.75, 3.05) is 26.4 Å². The Morgan fingerprint density at radius 3 is 1.34 bits per heavy atom. The summed E-state index contributed by atoms with van der Waals surface area (Å²) in [4.78, 5) is 34.9. The van der Waals surface area contributed by atoms with Crippen molar-refractivity contribution in [2.45, 2.75) is 225 Å². The predicted molar refractivity (Wildman–Crippen MR) is 220 cm³/mol. The van der Waals surface area contributed by atoms with Crippen LogP contribution in [-0.4, -0.2) is 49.3 Å². The molecule has 0 fully saturated rings. The van der Waals surface area contributed by atoms with E-state index in [2.05, 4.69) is 26.0 Å². The first-order valence-electron chi connectivity index (χ1n) is 22.2. The first-order valence-corrected chi connectivity index (χ1v) is 23.7. The lowest BCUT2D eigenvalue weighted by Gasteiger charge is -2.19. The van der Waals surface area contributed by atoms with Crippen LogP contribution in [0.25, 0.3) is 0 Å². The number of hydrogen-bond acceptors (Lipinski definition) is 8. The van der Waals surface area contributed by atoms with E-state index >= 15 is 0 Å². The van der Waals surface area contributed by atoms with Crippen molar-refractivity contribution in [2.24, 2.45) is 5.73 Å². The molecule has 0 aromatic carbocycles. The molecule has 0 aliphatic heterocycles. The van der Waals surface area contributed by atoms with Gasteiger partial charge in [-0.25, -0.2) is 4.57 Å². The van der Waals surface area contributed by atoms with E-state index in [0.717, 1.165) is 51.4 Å². The topological polar surface area (TPSA) is 134 Å². The van der Waals surface area contributed by atoms with Crippen molar-refractivity contribution in [3.05, 3.63) is 12.2 Å². The van der Waals surface area contributed by atoms with E-state index < -0.39 is 26.5 Å². The summed E-state index contributed by atoms with van der Waals surface area (Å²) in [5.41, 5.74) is 5.35. The summed E-state index contributed by atoms with van der Waals surface area (Å²) >= 11 is 0. The highest BCUT2D eigenvalue weighted by molar-refractivity contribution is 7.47. The number of hydrogen-bond donors (Lipinski definition) is 2. The van der Waals surface area contributed by atoms with Gasteiger partial charge in [-0.05, 0) is 38.5 Å². The maximum Gasteiger partial charge on any atom is 0.472 e. The van der Waals surface area contributed by atoms with Gasteiger partial charge in [0.2, 0.25) is 0 Å². The van der Waals surface area contributed by atoms with Crippen LogP contribution in [0, 0.1) is 0 Å². The summed E-state index contributed by atoms with van der Waals surface area (Å²) in [6, 6.07) is 0. The Balaban J connectivity index is 4.12. The monoisotopic (exact) mass is 774 g/mol. The van der Waals surface area contributed by atoms with E-state index in [0.29, 0.717) is 6.42 Å². The number of carbonyl (C=O) groups is 2. The molecule has 0 spiro atoms. The summed E-state index contributed by atoms with van der Waals surface area (Å²) in [5, 5.41) is 0. The quantitative estimate of drug-likeness (QED) is 0.0269. The molecule has 0 bridgehead atoms. The normalized spacial score (nSPS) is 13.4. The highest BCUT2D eigenvalue weighted by atomic mass is 31.2. The number of esters is 2. The minimum Gasteiger partial charge on any atom is -0.462 e. The number of phosphoric acid groups is 1. The first-order chi connectivity index (χ1) is 25.8. The Bertz CT molecular complexity index is 886. The third kappa shape index (κ3) is 40.2. The molecule has 0 aliphatic rings. The average Bonchev–Trinajstić information content (AvgIpc) is 3.14. The number of ether oxygens (including phenoxy) is 2. The molecule has 0 rings (SSSR count). The lowest BCUT2D eigenvalue weighted by molar-refractivity contribution is -0.161. The molecule has 314 valence electrons. The van der Waals surface area contributed by atoms with E-state index in [1.165, 1.54) is 135 Å². The van der Waals surface area contributed by atoms with Gasteiger partial charge < -0.3 is 20.1 Å². The zero-order valence-corrected chi connectivity index (χ0v) is 35.4. The Morgan fingerprint density at radius 1 is 0.547 bits per heavy atom. The van der Waals surface area contributed by atoms with Crippen LogP contribution in [-0.2, 0) is 32.7 Å². The van der Waals surface area contributed by atoms with Crippen LogP contribution < -0.4 is 5.73 Å². The lowest BCUT2D eigenvalue weighted by atomic mass is 10.0. The van der Waals surface area contributed by atoms with Gasteiger partial charge in [0.15, 0.2) is 6.10 Å². The molecule has 0 aromatic heterocycles. The van der Waals surface area contributed by atoms with Crippen LogP contribution in [0.3, 0.4) is 0 Å². The van der Waals surface area contributed by atoms with Crippen LogP contribution >= 0.6 is 7.82 Å². The van der Waals surface area contributed by atoms with Crippen LogP contribution in [0.15, 0.2) is 12.2 Å². The van der Waals surface area contributed by atoms with Crippen molar-refractivity contribution in [3.63, 3.8) is 0 Å². The van der Waals surface area contributed by atoms with E-state index in [1.54, 1.807) is 0 Å². The Labute approximate surface area is 326 Å². The molecule has 2 atom stereocenters. The minimum atomic E-state index is -4.37. The molecular formula is C43H84NO8P. The zero-order valence-electron chi connectivity index (χ0n) is 34.5. The summed E-state index contributed by atoms with van der Waals surface area (Å²) in [7, 11) is -4.37. The van der Waals surface area contributed by atoms with E-state index in [1.807, 2.05) is 0 Å². The molecule has 53 heavy (non-hydrogen) atoms. The fraction of sp³-hybridized carbons (Fsp3) is 0.907. The number of phosphoric ester groups is 1. The first kappa shape index (κ1) is 51.8. The maximum absolute atomic E-state index is 12.6. The molecule has 10 heteroatoms. The minimum absolute atomic E-state index is 0.0549.